The third kappa shape index (κ3) is 2.75. The largest absolute Gasteiger partial charge is 0.504 e. The number of hydrogen-bond donors (Lipinski definition) is 1. The molecular weight excluding hydrogens is 376 g/mol. The highest BCUT2D eigenvalue weighted by Gasteiger charge is 2.22. The summed E-state index contributed by atoms with van der Waals surface area (Å²) in [4.78, 5) is 0.228. The van der Waals surface area contributed by atoms with E-state index in [-0.39, 0.29) is 10.6 Å². The summed E-state index contributed by atoms with van der Waals surface area (Å²) in [6.45, 7) is 1.91. The molecule has 0 aliphatic rings. The maximum absolute atomic E-state index is 13.2. The number of benzene rings is 2. The maximum Gasteiger partial charge on any atom is 0.268 e. The summed E-state index contributed by atoms with van der Waals surface area (Å²) >= 11 is 0. The van der Waals surface area contributed by atoms with E-state index in [2.05, 4.69) is 0 Å². The molecule has 6 nitrogen and oxygen atoms in total. The number of rotatable bonds is 4. The summed E-state index contributed by atoms with van der Waals surface area (Å²) < 4.78 is 34.8. The van der Waals surface area contributed by atoms with Gasteiger partial charge in [0.15, 0.2) is 11.5 Å². The van der Waals surface area contributed by atoms with Gasteiger partial charge in [0, 0.05) is 36.5 Å². The maximum atomic E-state index is 13.2. The van der Waals surface area contributed by atoms with Gasteiger partial charge in [-0.2, -0.15) is 0 Å². The second-order valence-corrected chi connectivity index (χ2v) is 8.52. The molecule has 0 amide bonds. The Bertz CT molecular complexity index is 1280. The van der Waals surface area contributed by atoms with E-state index in [1.807, 2.05) is 24.7 Å². The van der Waals surface area contributed by atoms with Gasteiger partial charge < -0.3 is 14.4 Å². The standard InChI is InChI=1S/C21H20N2O4S/c1-14-6-8-15(9-7-14)28(25,26)23-10-4-5-18(23)17-13-22(2)19-12-20(24)21(27-3)11-16(17)19/h4-13,24H,1-3H3. The Balaban J connectivity index is 1.94. The lowest BCUT2D eigenvalue weighted by atomic mass is 10.1. The molecular formula is C21H20N2O4S. The van der Waals surface area contributed by atoms with Crippen LogP contribution in [0.1, 0.15) is 5.56 Å². The Morgan fingerprint density at radius 1 is 1.07 bits per heavy atom. The first-order valence-electron chi connectivity index (χ1n) is 8.69. The fourth-order valence-corrected chi connectivity index (χ4v) is 4.73. The van der Waals surface area contributed by atoms with Gasteiger partial charge in [0.25, 0.3) is 10.0 Å². The van der Waals surface area contributed by atoms with Gasteiger partial charge in [0.1, 0.15) is 0 Å². The van der Waals surface area contributed by atoms with E-state index in [9.17, 15) is 13.5 Å². The van der Waals surface area contributed by atoms with Crippen LogP contribution in [0.4, 0.5) is 0 Å². The third-order valence-electron chi connectivity index (χ3n) is 4.86. The Morgan fingerprint density at radius 3 is 2.46 bits per heavy atom. The molecule has 28 heavy (non-hydrogen) atoms. The molecule has 4 aromatic rings. The average Bonchev–Trinajstić information content (AvgIpc) is 3.27. The van der Waals surface area contributed by atoms with Gasteiger partial charge >= 0.3 is 0 Å². The quantitative estimate of drug-likeness (QED) is 0.568. The highest BCUT2D eigenvalue weighted by Crippen LogP contribution is 2.38. The number of phenols is 1. The van der Waals surface area contributed by atoms with Gasteiger partial charge in [-0.1, -0.05) is 17.7 Å². The van der Waals surface area contributed by atoms with Crippen LogP contribution in [-0.2, 0) is 17.1 Å². The second-order valence-electron chi connectivity index (χ2n) is 6.70. The minimum Gasteiger partial charge on any atom is -0.504 e. The van der Waals surface area contributed by atoms with Crippen molar-refractivity contribution in [1.82, 2.24) is 8.54 Å². The average molecular weight is 396 g/mol. The zero-order valence-electron chi connectivity index (χ0n) is 15.7. The summed E-state index contributed by atoms with van der Waals surface area (Å²) in [6.07, 6.45) is 3.39. The van der Waals surface area contributed by atoms with Crippen molar-refractivity contribution < 1.29 is 18.3 Å². The third-order valence-corrected chi connectivity index (χ3v) is 6.56. The van der Waals surface area contributed by atoms with Crippen LogP contribution < -0.4 is 4.74 Å². The van der Waals surface area contributed by atoms with E-state index in [0.717, 1.165) is 22.0 Å². The molecule has 7 heteroatoms. The Hall–Kier alpha value is -3.19. The van der Waals surface area contributed by atoms with Crippen molar-refractivity contribution in [2.75, 3.05) is 7.11 Å². The van der Waals surface area contributed by atoms with Crippen molar-refractivity contribution in [1.29, 1.82) is 0 Å². The summed E-state index contributed by atoms with van der Waals surface area (Å²) in [5.41, 5.74) is 3.04. The highest BCUT2D eigenvalue weighted by molar-refractivity contribution is 7.90. The lowest BCUT2D eigenvalue weighted by molar-refractivity contribution is 0.374. The van der Waals surface area contributed by atoms with E-state index in [1.54, 1.807) is 54.7 Å². The van der Waals surface area contributed by atoms with Crippen LogP contribution in [0.25, 0.3) is 22.2 Å². The highest BCUT2D eigenvalue weighted by atomic mass is 32.2. The van der Waals surface area contributed by atoms with Gasteiger partial charge in [0.2, 0.25) is 0 Å². The van der Waals surface area contributed by atoms with Crippen molar-refractivity contribution in [2.45, 2.75) is 11.8 Å². The minimum atomic E-state index is -3.75. The Labute approximate surface area is 163 Å². The molecule has 0 aliphatic heterocycles. The van der Waals surface area contributed by atoms with Gasteiger partial charge in [-0.25, -0.2) is 12.4 Å². The van der Waals surface area contributed by atoms with Crippen molar-refractivity contribution in [3.63, 3.8) is 0 Å². The molecule has 0 saturated heterocycles. The predicted molar refractivity (Wildman–Crippen MR) is 108 cm³/mol. The fraction of sp³-hybridized carbons (Fsp3) is 0.143. The van der Waals surface area contributed by atoms with Crippen molar-refractivity contribution >= 4 is 20.9 Å². The van der Waals surface area contributed by atoms with Crippen molar-refractivity contribution in [3.8, 4) is 22.8 Å². The first-order valence-corrected chi connectivity index (χ1v) is 10.1. The van der Waals surface area contributed by atoms with E-state index in [4.69, 9.17) is 4.74 Å². The van der Waals surface area contributed by atoms with Crippen LogP contribution in [0, 0.1) is 6.92 Å². The molecule has 1 N–H and O–H groups in total. The number of hydrogen-bond acceptors (Lipinski definition) is 4. The molecule has 4 rings (SSSR count). The molecule has 0 bridgehead atoms. The van der Waals surface area contributed by atoms with Gasteiger partial charge in [-0.05, 0) is 37.3 Å². The van der Waals surface area contributed by atoms with Gasteiger partial charge in [0.05, 0.1) is 23.2 Å². The van der Waals surface area contributed by atoms with Crippen LogP contribution >= 0.6 is 0 Å². The topological polar surface area (TPSA) is 73.5 Å². The van der Waals surface area contributed by atoms with Gasteiger partial charge in [-0.3, -0.25) is 0 Å². The number of aromatic hydroxyl groups is 1. The molecule has 0 aliphatic carbocycles. The zero-order valence-corrected chi connectivity index (χ0v) is 16.6. The second kappa shape index (κ2) is 6.45. The smallest absolute Gasteiger partial charge is 0.268 e. The lowest BCUT2D eigenvalue weighted by Gasteiger charge is -2.11. The molecule has 2 heterocycles. The number of aromatic nitrogens is 2. The molecule has 0 atom stereocenters. The summed E-state index contributed by atoms with van der Waals surface area (Å²) in [6, 6.07) is 13.6. The first kappa shape index (κ1) is 18.2. The number of ether oxygens (including phenoxy) is 1. The van der Waals surface area contributed by atoms with Crippen LogP contribution in [0.3, 0.4) is 0 Å². The number of phenolic OH excluding ortho intramolecular Hbond substituents is 1. The molecule has 2 aromatic heterocycles. The molecule has 0 saturated carbocycles. The van der Waals surface area contributed by atoms with E-state index in [1.165, 1.54) is 11.1 Å². The van der Waals surface area contributed by atoms with Crippen LogP contribution in [-0.4, -0.2) is 29.2 Å². The van der Waals surface area contributed by atoms with Crippen LogP contribution in [0.2, 0.25) is 0 Å². The normalized spacial score (nSPS) is 11.8. The number of aryl methyl sites for hydroxylation is 2. The van der Waals surface area contributed by atoms with Gasteiger partial charge in [-0.15, -0.1) is 0 Å². The minimum absolute atomic E-state index is 0.0328. The SMILES string of the molecule is COc1cc2c(-c3cccn3S(=O)(=O)c3ccc(C)cc3)cn(C)c2cc1O. The van der Waals surface area contributed by atoms with E-state index in [0.29, 0.717) is 11.4 Å². The number of fused-ring (bicyclic) bond motifs is 1. The molecule has 0 radical (unpaired) electrons. The number of methoxy groups -OCH3 is 1. The zero-order chi connectivity index (χ0) is 20.1. The first-order chi connectivity index (χ1) is 13.3. The molecule has 0 spiro atoms. The monoisotopic (exact) mass is 396 g/mol. The Kier molecular flexibility index (Phi) is 4.19. The van der Waals surface area contributed by atoms with Crippen molar-refractivity contribution in [2.24, 2.45) is 7.05 Å². The molecule has 144 valence electrons. The summed E-state index contributed by atoms with van der Waals surface area (Å²) in [5.74, 6) is 0.366. The summed E-state index contributed by atoms with van der Waals surface area (Å²) in [7, 11) is -0.421. The Morgan fingerprint density at radius 2 is 1.79 bits per heavy atom. The van der Waals surface area contributed by atoms with E-state index < -0.39 is 10.0 Å². The summed E-state index contributed by atoms with van der Waals surface area (Å²) in [5, 5.41) is 10.9. The van der Waals surface area contributed by atoms with E-state index >= 15 is 0 Å². The van der Waals surface area contributed by atoms with Crippen LogP contribution in [0.5, 0.6) is 11.5 Å². The molecule has 0 unspecified atom stereocenters. The lowest BCUT2D eigenvalue weighted by Crippen LogP contribution is -2.13. The fourth-order valence-electron chi connectivity index (χ4n) is 3.37. The van der Waals surface area contributed by atoms with Crippen molar-refractivity contribution in [3.05, 3.63) is 66.5 Å². The molecule has 0 fully saturated rings. The van der Waals surface area contributed by atoms with Crippen LogP contribution in [0.15, 0.2) is 65.8 Å². The predicted octanol–water partition coefficient (Wildman–Crippen LogP) is 3.91. The number of nitrogens with zero attached hydrogens (tertiary/aromatic N) is 2. The molecule has 2 aromatic carbocycles.